The summed E-state index contributed by atoms with van der Waals surface area (Å²) < 4.78 is 28.0. The molecule has 3 aromatic rings. The Balaban J connectivity index is 1.38. The lowest BCUT2D eigenvalue weighted by molar-refractivity contribution is 0.102. The number of hydrogen-bond donors (Lipinski definition) is 1. The molecule has 0 spiro atoms. The van der Waals surface area contributed by atoms with Crippen molar-refractivity contribution in [3.05, 3.63) is 77.2 Å². The van der Waals surface area contributed by atoms with Crippen LogP contribution in [-0.2, 0) is 29.3 Å². The Morgan fingerprint density at radius 2 is 1.74 bits per heavy atom. The molecule has 7 nitrogen and oxygen atoms in total. The van der Waals surface area contributed by atoms with E-state index in [-0.39, 0.29) is 10.8 Å². The van der Waals surface area contributed by atoms with E-state index in [4.69, 9.17) is 0 Å². The van der Waals surface area contributed by atoms with E-state index in [1.807, 2.05) is 24.3 Å². The van der Waals surface area contributed by atoms with Crippen LogP contribution in [0.5, 0.6) is 0 Å². The smallest absolute Gasteiger partial charge is 0.264 e. The van der Waals surface area contributed by atoms with Crippen LogP contribution in [0.1, 0.15) is 40.0 Å². The molecular formula is C23H22N4O3S. The van der Waals surface area contributed by atoms with Gasteiger partial charge in [0, 0.05) is 23.4 Å². The maximum absolute atomic E-state index is 13.3. The number of sulfonamides is 1. The molecule has 0 radical (unpaired) electrons. The highest BCUT2D eigenvalue weighted by atomic mass is 32.2. The van der Waals surface area contributed by atoms with Crippen molar-refractivity contribution in [2.45, 2.75) is 37.0 Å². The number of nitrogens with one attached hydrogen (secondary N) is 1. The Hall–Kier alpha value is -3.26. The lowest BCUT2D eigenvalue weighted by Crippen LogP contribution is -2.35. The fourth-order valence-electron chi connectivity index (χ4n) is 4.30. The summed E-state index contributed by atoms with van der Waals surface area (Å²) in [6.45, 7) is 0.445. The van der Waals surface area contributed by atoms with Crippen LogP contribution in [-0.4, -0.2) is 30.8 Å². The number of aryl methyl sites for hydroxylation is 2. The molecule has 2 aromatic carbocycles. The van der Waals surface area contributed by atoms with E-state index in [0.29, 0.717) is 17.9 Å². The fourth-order valence-corrected chi connectivity index (χ4v) is 5.84. The molecule has 158 valence electrons. The van der Waals surface area contributed by atoms with Crippen LogP contribution in [0.3, 0.4) is 0 Å². The average Bonchev–Trinajstić information content (AvgIpc) is 3.29. The number of hydrogen-bond acceptors (Lipinski definition) is 5. The Morgan fingerprint density at radius 1 is 0.935 bits per heavy atom. The summed E-state index contributed by atoms with van der Waals surface area (Å²) in [7, 11) is -3.70. The topological polar surface area (TPSA) is 92.3 Å². The molecule has 1 aliphatic carbocycles. The van der Waals surface area contributed by atoms with Gasteiger partial charge in [-0.1, -0.05) is 18.2 Å². The van der Waals surface area contributed by atoms with Gasteiger partial charge in [-0.15, -0.1) is 0 Å². The quantitative estimate of drug-likeness (QED) is 0.680. The molecule has 31 heavy (non-hydrogen) atoms. The Kier molecular flexibility index (Phi) is 4.94. The van der Waals surface area contributed by atoms with Crippen LogP contribution in [0, 0.1) is 0 Å². The van der Waals surface area contributed by atoms with Gasteiger partial charge >= 0.3 is 0 Å². The van der Waals surface area contributed by atoms with E-state index < -0.39 is 10.0 Å². The maximum atomic E-state index is 13.3. The third kappa shape index (κ3) is 3.57. The fraction of sp³-hybridized carbons (Fsp3) is 0.261. The largest absolute Gasteiger partial charge is 0.306 e. The molecule has 1 aromatic heterocycles. The highest BCUT2D eigenvalue weighted by molar-refractivity contribution is 7.92. The van der Waals surface area contributed by atoms with Crippen LogP contribution in [0.25, 0.3) is 0 Å². The van der Waals surface area contributed by atoms with Crippen molar-refractivity contribution in [3.63, 3.8) is 0 Å². The van der Waals surface area contributed by atoms with E-state index in [9.17, 15) is 13.2 Å². The summed E-state index contributed by atoms with van der Waals surface area (Å²) in [6, 6.07) is 13.7. The number of amides is 1. The molecule has 1 aliphatic heterocycles. The molecule has 1 N–H and O–H groups in total. The van der Waals surface area contributed by atoms with Gasteiger partial charge in [-0.3, -0.25) is 9.10 Å². The number of benzene rings is 2. The lowest BCUT2D eigenvalue weighted by Gasteiger charge is -2.30. The molecule has 0 atom stereocenters. The first-order valence-corrected chi connectivity index (χ1v) is 11.8. The van der Waals surface area contributed by atoms with Crippen molar-refractivity contribution in [1.29, 1.82) is 0 Å². The second-order valence-corrected chi connectivity index (χ2v) is 9.65. The monoisotopic (exact) mass is 434 g/mol. The summed E-state index contributed by atoms with van der Waals surface area (Å²) in [5, 5.41) is 2.84. The third-order valence-electron chi connectivity index (χ3n) is 5.88. The SMILES string of the molecule is O=C(Nc1ncnc2c1CCC2)c1ccc(S(=O)(=O)N2CCCc3ccccc32)cc1. The highest BCUT2D eigenvalue weighted by Gasteiger charge is 2.29. The minimum Gasteiger partial charge on any atom is -0.306 e. The van der Waals surface area contributed by atoms with Gasteiger partial charge in [-0.05, 0) is 68.0 Å². The average molecular weight is 435 g/mol. The van der Waals surface area contributed by atoms with Gasteiger partial charge < -0.3 is 5.32 Å². The standard InChI is InChI=1S/C23H22N4O3S/c28-23(26-22-19-7-3-8-20(19)24-15-25-22)17-10-12-18(13-11-17)31(29,30)27-14-4-6-16-5-1-2-9-21(16)27/h1-2,5,9-13,15H,3-4,6-8,14H2,(H,24,25,26,28). The first-order chi connectivity index (χ1) is 15.0. The second-order valence-electron chi connectivity index (χ2n) is 7.79. The molecule has 0 saturated heterocycles. The minimum absolute atomic E-state index is 0.170. The number of carbonyl (C=O) groups is 1. The first kappa shape index (κ1) is 19.7. The van der Waals surface area contributed by atoms with Crippen LogP contribution < -0.4 is 9.62 Å². The molecule has 0 saturated carbocycles. The van der Waals surface area contributed by atoms with E-state index in [1.54, 1.807) is 12.1 Å². The predicted octanol–water partition coefficient (Wildman–Crippen LogP) is 3.36. The number of anilines is 2. The van der Waals surface area contributed by atoms with Crippen molar-refractivity contribution in [3.8, 4) is 0 Å². The summed E-state index contributed by atoms with van der Waals surface area (Å²) in [4.78, 5) is 21.4. The van der Waals surface area contributed by atoms with Crippen LogP contribution in [0.15, 0.2) is 59.8 Å². The zero-order valence-electron chi connectivity index (χ0n) is 16.9. The predicted molar refractivity (Wildman–Crippen MR) is 118 cm³/mol. The normalized spacial score (nSPS) is 15.3. The first-order valence-electron chi connectivity index (χ1n) is 10.4. The van der Waals surface area contributed by atoms with E-state index in [1.165, 1.54) is 22.8 Å². The number of carbonyl (C=O) groups excluding carboxylic acids is 1. The highest BCUT2D eigenvalue weighted by Crippen LogP contribution is 2.32. The molecule has 5 rings (SSSR count). The number of nitrogens with zero attached hydrogens (tertiary/aromatic N) is 3. The number of fused-ring (bicyclic) bond motifs is 2. The van der Waals surface area contributed by atoms with Crippen molar-refractivity contribution in [1.82, 2.24) is 9.97 Å². The summed E-state index contributed by atoms with van der Waals surface area (Å²) in [5.41, 5.74) is 4.11. The van der Waals surface area contributed by atoms with E-state index in [2.05, 4.69) is 15.3 Å². The van der Waals surface area contributed by atoms with Crippen LogP contribution in [0.4, 0.5) is 11.5 Å². The minimum atomic E-state index is -3.70. The van der Waals surface area contributed by atoms with Gasteiger partial charge in [0.2, 0.25) is 0 Å². The number of rotatable bonds is 4. The van der Waals surface area contributed by atoms with Gasteiger partial charge in [-0.25, -0.2) is 18.4 Å². The van der Waals surface area contributed by atoms with E-state index in [0.717, 1.165) is 54.6 Å². The van der Waals surface area contributed by atoms with Crippen LogP contribution in [0.2, 0.25) is 0 Å². The molecule has 0 unspecified atom stereocenters. The summed E-state index contributed by atoms with van der Waals surface area (Å²) in [6.07, 6.45) is 5.86. The van der Waals surface area contributed by atoms with Crippen molar-refractivity contribution in [2.75, 3.05) is 16.2 Å². The summed E-state index contributed by atoms with van der Waals surface area (Å²) in [5.74, 6) is 0.217. The van der Waals surface area contributed by atoms with Crippen molar-refractivity contribution in [2.24, 2.45) is 0 Å². The zero-order chi connectivity index (χ0) is 21.4. The Bertz CT molecular complexity index is 1260. The molecule has 8 heteroatoms. The second kappa shape index (κ2) is 7.77. The Morgan fingerprint density at radius 3 is 2.58 bits per heavy atom. The number of para-hydroxylation sites is 1. The Labute approximate surface area is 181 Å². The van der Waals surface area contributed by atoms with Crippen molar-refractivity contribution < 1.29 is 13.2 Å². The van der Waals surface area contributed by atoms with E-state index >= 15 is 0 Å². The molecule has 2 heterocycles. The van der Waals surface area contributed by atoms with Gasteiger partial charge in [0.15, 0.2) is 0 Å². The molecule has 0 fully saturated rings. The van der Waals surface area contributed by atoms with Gasteiger partial charge in [-0.2, -0.15) is 0 Å². The maximum Gasteiger partial charge on any atom is 0.264 e. The molecule has 2 aliphatic rings. The summed E-state index contributed by atoms with van der Waals surface area (Å²) >= 11 is 0. The molecular weight excluding hydrogens is 412 g/mol. The van der Waals surface area contributed by atoms with Crippen LogP contribution >= 0.6 is 0 Å². The number of aromatic nitrogens is 2. The van der Waals surface area contributed by atoms with Gasteiger partial charge in [0.05, 0.1) is 10.6 Å². The lowest BCUT2D eigenvalue weighted by atomic mass is 10.0. The third-order valence-corrected chi connectivity index (χ3v) is 7.71. The molecule has 1 amide bonds. The van der Waals surface area contributed by atoms with Gasteiger partial charge in [0.1, 0.15) is 12.1 Å². The molecule has 0 bridgehead atoms. The zero-order valence-corrected chi connectivity index (χ0v) is 17.7. The van der Waals surface area contributed by atoms with Gasteiger partial charge in [0.25, 0.3) is 15.9 Å². The van der Waals surface area contributed by atoms with Crippen molar-refractivity contribution >= 4 is 27.4 Å².